The lowest BCUT2D eigenvalue weighted by molar-refractivity contribution is 0.0760. The average Bonchev–Trinajstić information content (AvgIpc) is 2.73. The van der Waals surface area contributed by atoms with Gasteiger partial charge in [-0.15, -0.1) is 0 Å². The van der Waals surface area contributed by atoms with E-state index >= 15 is 0 Å². The first-order chi connectivity index (χ1) is 9.74. The molecule has 5 heteroatoms. The molecule has 1 aromatic carbocycles. The fourth-order valence-corrected chi connectivity index (χ4v) is 2.51. The van der Waals surface area contributed by atoms with E-state index in [1.54, 1.807) is 0 Å². The van der Waals surface area contributed by atoms with E-state index in [9.17, 15) is 4.79 Å². The number of carbonyl (C=O) groups is 1. The number of benzene rings is 1. The summed E-state index contributed by atoms with van der Waals surface area (Å²) >= 11 is 0. The van der Waals surface area contributed by atoms with E-state index in [1.165, 1.54) is 0 Å². The third-order valence-electron chi connectivity index (χ3n) is 3.73. The molecule has 1 saturated heterocycles. The topological polar surface area (TPSA) is 69.8 Å². The SMILES string of the molecule is NCc1ccc(C(=O)N2CCCN(CCO)CC2)cc1. The molecule has 0 bridgehead atoms. The number of rotatable bonds is 4. The molecule has 0 atom stereocenters. The molecule has 0 unspecified atom stereocenters. The maximum Gasteiger partial charge on any atom is 0.253 e. The number of nitrogens with two attached hydrogens (primary N) is 1. The number of β-amino-alcohol motifs (C(OH)–C–C–N with tert-alkyl or cyclic N) is 1. The van der Waals surface area contributed by atoms with Crippen LogP contribution < -0.4 is 5.73 Å². The number of hydrogen-bond donors (Lipinski definition) is 2. The van der Waals surface area contributed by atoms with Crippen molar-refractivity contribution in [2.45, 2.75) is 13.0 Å². The molecule has 1 aliphatic heterocycles. The zero-order valence-electron chi connectivity index (χ0n) is 11.8. The van der Waals surface area contributed by atoms with Crippen LogP contribution in [-0.2, 0) is 6.54 Å². The Bertz CT molecular complexity index is 433. The maximum atomic E-state index is 12.4. The first-order valence-corrected chi connectivity index (χ1v) is 7.16. The fourth-order valence-electron chi connectivity index (χ4n) is 2.51. The van der Waals surface area contributed by atoms with Crippen LogP contribution in [0.5, 0.6) is 0 Å². The van der Waals surface area contributed by atoms with Gasteiger partial charge in [0.2, 0.25) is 0 Å². The van der Waals surface area contributed by atoms with E-state index in [0.717, 1.165) is 43.7 Å². The molecule has 2 rings (SSSR count). The predicted molar refractivity (Wildman–Crippen MR) is 78.4 cm³/mol. The Hall–Kier alpha value is -1.43. The van der Waals surface area contributed by atoms with Gasteiger partial charge in [0, 0.05) is 38.3 Å². The van der Waals surface area contributed by atoms with Gasteiger partial charge in [-0.05, 0) is 30.7 Å². The highest BCUT2D eigenvalue weighted by Crippen LogP contribution is 2.10. The molecular formula is C15H23N3O2. The Kier molecular flexibility index (Phi) is 5.52. The number of aliphatic hydroxyl groups is 1. The standard InChI is InChI=1S/C15H23N3O2/c16-12-13-2-4-14(5-3-13)15(20)18-7-1-6-17(8-9-18)10-11-19/h2-5,19H,1,6-12,16H2. The summed E-state index contributed by atoms with van der Waals surface area (Å²) in [5, 5.41) is 8.98. The summed E-state index contributed by atoms with van der Waals surface area (Å²) in [6, 6.07) is 7.51. The lowest BCUT2D eigenvalue weighted by Crippen LogP contribution is -2.35. The number of hydrogen-bond acceptors (Lipinski definition) is 4. The van der Waals surface area contributed by atoms with Crippen LogP contribution in [0.15, 0.2) is 24.3 Å². The molecule has 0 radical (unpaired) electrons. The number of amides is 1. The second kappa shape index (κ2) is 7.38. The van der Waals surface area contributed by atoms with Gasteiger partial charge in [-0.3, -0.25) is 9.69 Å². The van der Waals surface area contributed by atoms with Crippen molar-refractivity contribution in [2.75, 3.05) is 39.3 Å². The van der Waals surface area contributed by atoms with E-state index in [2.05, 4.69) is 4.90 Å². The van der Waals surface area contributed by atoms with E-state index in [0.29, 0.717) is 13.1 Å². The zero-order valence-corrected chi connectivity index (χ0v) is 11.8. The summed E-state index contributed by atoms with van der Waals surface area (Å²) in [6.07, 6.45) is 0.951. The van der Waals surface area contributed by atoms with Crippen LogP contribution in [0.1, 0.15) is 22.3 Å². The molecule has 1 fully saturated rings. The van der Waals surface area contributed by atoms with E-state index in [1.807, 2.05) is 29.2 Å². The average molecular weight is 277 g/mol. The van der Waals surface area contributed by atoms with E-state index in [-0.39, 0.29) is 12.5 Å². The van der Waals surface area contributed by atoms with Crippen molar-refractivity contribution < 1.29 is 9.90 Å². The highest BCUT2D eigenvalue weighted by Gasteiger charge is 2.19. The number of nitrogens with zero attached hydrogens (tertiary/aromatic N) is 2. The Balaban J connectivity index is 1.97. The van der Waals surface area contributed by atoms with Crippen molar-refractivity contribution in [3.05, 3.63) is 35.4 Å². The Morgan fingerprint density at radius 2 is 1.90 bits per heavy atom. The fraction of sp³-hybridized carbons (Fsp3) is 0.533. The van der Waals surface area contributed by atoms with Gasteiger partial charge in [0.05, 0.1) is 6.61 Å². The van der Waals surface area contributed by atoms with Crippen LogP contribution >= 0.6 is 0 Å². The van der Waals surface area contributed by atoms with Crippen molar-refractivity contribution in [3.63, 3.8) is 0 Å². The van der Waals surface area contributed by atoms with Crippen molar-refractivity contribution in [1.82, 2.24) is 9.80 Å². The minimum absolute atomic E-state index is 0.0828. The van der Waals surface area contributed by atoms with Crippen molar-refractivity contribution in [1.29, 1.82) is 0 Å². The van der Waals surface area contributed by atoms with Gasteiger partial charge in [-0.1, -0.05) is 12.1 Å². The minimum Gasteiger partial charge on any atom is -0.395 e. The van der Waals surface area contributed by atoms with Gasteiger partial charge in [0.15, 0.2) is 0 Å². The summed E-state index contributed by atoms with van der Waals surface area (Å²) in [6.45, 7) is 4.62. The van der Waals surface area contributed by atoms with Gasteiger partial charge >= 0.3 is 0 Å². The summed E-state index contributed by atoms with van der Waals surface area (Å²) in [7, 11) is 0. The monoisotopic (exact) mass is 277 g/mol. The van der Waals surface area contributed by atoms with Gasteiger partial charge in [0.25, 0.3) is 5.91 Å². The molecule has 0 saturated carbocycles. The highest BCUT2D eigenvalue weighted by molar-refractivity contribution is 5.94. The van der Waals surface area contributed by atoms with Crippen molar-refractivity contribution >= 4 is 5.91 Å². The molecular weight excluding hydrogens is 254 g/mol. The molecule has 1 aromatic rings. The second-order valence-corrected chi connectivity index (χ2v) is 5.11. The Labute approximate surface area is 120 Å². The molecule has 0 aliphatic carbocycles. The summed E-state index contributed by atoms with van der Waals surface area (Å²) in [5.74, 6) is 0.0828. The van der Waals surface area contributed by atoms with Crippen molar-refractivity contribution in [2.24, 2.45) is 5.73 Å². The molecule has 0 aromatic heterocycles. The quantitative estimate of drug-likeness (QED) is 0.830. The second-order valence-electron chi connectivity index (χ2n) is 5.11. The van der Waals surface area contributed by atoms with Gasteiger partial charge < -0.3 is 15.7 Å². The van der Waals surface area contributed by atoms with Crippen LogP contribution in [-0.4, -0.2) is 60.1 Å². The number of carbonyl (C=O) groups excluding carboxylic acids is 1. The molecule has 1 amide bonds. The molecule has 5 nitrogen and oxygen atoms in total. The largest absolute Gasteiger partial charge is 0.395 e. The Morgan fingerprint density at radius 3 is 2.55 bits per heavy atom. The molecule has 20 heavy (non-hydrogen) atoms. The lowest BCUT2D eigenvalue weighted by Gasteiger charge is -2.21. The summed E-state index contributed by atoms with van der Waals surface area (Å²) in [5.41, 5.74) is 7.32. The van der Waals surface area contributed by atoms with E-state index in [4.69, 9.17) is 10.8 Å². The molecule has 110 valence electrons. The summed E-state index contributed by atoms with van der Waals surface area (Å²) in [4.78, 5) is 16.5. The first kappa shape index (κ1) is 15.0. The normalized spacial score (nSPS) is 17.0. The van der Waals surface area contributed by atoms with Gasteiger partial charge in [-0.25, -0.2) is 0 Å². The van der Waals surface area contributed by atoms with E-state index < -0.39 is 0 Å². The smallest absolute Gasteiger partial charge is 0.253 e. The minimum atomic E-state index is 0.0828. The molecule has 3 N–H and O–H groups in total. The van der Waals surface area contributed by atoms with Crippen molar-refractivity contribution in [3.8, 4) is 0 Å². The van der Waals surface area contributed by atoms with Crippen LogP contribution in [0.4, 0.5) is 0 Å². The van der Waals surface area contributed by atoms with Crippen LogP contribution in [0, 0.1) is 0 Å². The first-order valence-electron chi connectivity index (χ1n) is 7.16. The van der Waals surface area contributed by atoms with Gasteiger partial charge in [-0.2, -0.15) is 0 Å². The predicted octanol–water partition coefficient (Wildman–Crippen LogP) is 0.285. The van der Waals surface area contributed by atoms with Gasteiger partial charge in [0.1, 0.15) is 0 Å². The third-order valence-corrected chi connectivity index (χ3v) is 3.73. The zero-order chi connectivity index (χ0) is 14.4. The summed E-state index contributed by atoms with van der Waals surface area (Å²) < 4.78 is 0. The highest BCUT2D eigenvalue weighted by atomic mass is 16.3. The Morgan fingerprint density at radius 1 is 1.15 bits per heavy atom. The molecule has 1 aliphatic rings. The molecule has 1 heterocycles. The lowest BCUT2D eigenvalue weighted by atomic mass is 10.1. The maximum absolute atomic E-state index is 12.4. The van der Waals surface area contributed by atoms with Crippen LogP contribution in [0.3, 0.4) is 0 Å². The number of aliphatic hydroxyl groups excluding tert-OH is 1. The van der Waals surface area contributed by atoms with Crippen LogP contribution in [0.25, 0.3) is 0 Å². The molecule has 0 spiro atoms. The third kappa shape index (κ3) is 3.79. The van der Waals surface area contributed by atoms with Crippen LogP contribution in [0.2, 0.25) is 0 Å².